The maximum absolute atomic E-state index is 11.3. The minimum atomic E-state index is -1.07. The van der Waals surface area contributed by atoms with Crippen molar-refractivity contribution in [3.05, 3.63) is 46.7 Å². The minimum absolute atomic E-state index is 0.0550. The van der Waals surface area contributed by atoms with Crippen LogP contribution in [0.25, 0.3) is 0 Å². The van der Waals surface area contributed by atoms with Crippen LogP contribution in [0.3, 0.4) is 0 Å². The topological polar surface area (TPSA) is 93.0 Å². The zero-order valence-corrected chi connectivity index (χ0v) is 13.1. The summed E-state index contributed by atoms with van der Waals surface area (Å²) < 4.78 is 5.64. The Morgan fingerprint density at radius 1 is 1.35 bits per heavy atom. The molecule has 0 heterocycles. The fourth-order valence-corrected chi connectivity index (χ4v) is 2.00. The van der Waals surface area contributed by atoms with Gasteiger partial charge in [-0.1, -0.05) is 25.1 Å². The Labute approximate surface area is 134 Å². The number of rotatable bonds is 9. The molecule has 0 fully saturated rings. The molecule has 0 aromatic heterocycles. The molecule has 2 atom stereocenters. The molecule has 0 saturated heterocycles. The standard InChI is InChI=1S/C17H19NO5/c1-11(8-19)15(9-20)16(12(2)18-3)23-10-13-6-4-5-7-14(13)17(21)22/h4-9,11-12H,3,10H2,1-2H3,(H,21,22)/b16-15+. The van der Waals surface area contributed by atoms with Gasteiger partial charge in [-0.25, -0.2) is 4.79 Å². The van der Waals surface area contributed by atoms with Gasteiger partial charge in [-0.05, 0) is 19.7 Å². The molecule has 0 spiro atoms. The molecule has 1 N–H and O–H groups in total. The van der Waals surface area contributed by atoms with Gasteiger partial charge in [0.05, 0.1) is 5.56 Å². The normalized spacial score (nSPS) is 14.2. The number of benzene rings is 1. The van der Waals surface area contributed by atoms with Crippen molar-refractivity contribution >= 4 is 25.3 Å². The fraction of sp³-hybridized carbons (Fsp3) is 0.294. The van der Waals surface area contributed by atoms with E-state index in [1.54, 1.807) is 32.0 Å². The third-order valence-electron chi connectivity index (χ3n) is 3.39. The molecule has 0 bridgehead atoms. The second kappa shape index (κ2) is 8.63. The monoisotopic (exact) mass is 317 g/mol. The van der Waals surface area contributed by atoms with E-state index in [9.17, 15) is 14.4 Å². The van der Waals surface area contributed by atoms with E-state index in [0.29, 0.717) is 18.1 Å². The molecular weight excluding hydrogens is 298 g/mol. The summed E-state index contributed by atoms with van der Waals surface area (Å²) in [5, 5.41) is 9.17. The molecular formula is C17H19NO5. The van der Waals surface area contributed by atoms with Crippen LogP contribution in [0.2, 0.25) is 0 Å². The Morgan fingerprint density at radius 3 is 2.52 bits per heavy atom. The first kappa shape index (κ1) is 18.3. The molecule has 1 rings (SSSR count). The van der Waals surface area contributed by atoms with E-state index in [4.69, 9.17) is 9.84 Å². The van der Waals surface area contributed by atoms with Gasteiger partial charge in [0, 0.05) is 17.1 Å². The lowest BCUT2D eigenvalue weighted by atomic mass is 10.00. The predicted octanol–water partition coefficient (Wildman–Crippen LogP) is 2.28. The molecule has 6 nitrogen and oxygen atoms in total. The molecule has 0 aliphatic carbocycles. The van der Waals surface area contributed by atoms with Crippen LogP contribution in [0.5, 0.6) is 0 Å². The van der Waals surface area contributed by atoms with Gasteiger partial charge < -0.3 is 14.6 Å². The summed E-state index contributed by atoms with van der Waals surface area (Å²) in [4.78, 5) is 37.3. The van der Waals surface area contributed by atoms with E-state index in [0.717, 1.165) is 0 Å². The Balaban J connectivity index is 3.16. The van der Waals surface area contributed by atoms with Gasteiger partial charge in [-0.15, -0.1) is 0 Å². The molecule has 23 heavy (non-hydrogen) atoms. The minimum Gasteiger partial charge on any atom is -0.491 e. The summed E-state index contributed by atoms with van der Waals surface area (Å²) in [6.45, 7) is 6.61. The van der Waals surface area contributed by atoms with Crippen molar-refractivity contribution in [2.45, 2.75) is 26.5 Å². The van der Waals surface area contributed by atoms with E-state index in [2.05, 4.69) is 11.7 Å². The second-order valence-corrected chi connectivity index (χ2v) is 4.97. The molecule has 6 heteroatoms. The van der Waals surface area contributed by atoms with Crippen molar-refractivity contribution in [1.82, 2.24) is 0 Å². The third-order valence-corrected chi connectivity index (χ3v) is 3.39. The molecule has 0 saturated carbocycles. The number of aldehydes is 2. The van der Waals surface area contributed by atoms with E-state index in [1.807, 2.05) is 0 Å². The van der Waals surface area contributed by atoms with Crippen LogP contribution in [0.15, 0.2) is 40.6 Å². The Kier molecular flexibility index (Phi) is 6.86. The number of carboxylic acid groups (broad SMARTS) is 1. The Morgan fingerprint density at radius 2 is 2.00 bits per heavy atom. The zero-order chi connectivity index (χ0) is 17.4. The summed E-state index contributed by atoms with van der Waals surface area (Å²) in [5.41, 5.74) is 0.743. The number of hydrogen-bond donors (Lipinski definition) is 1. The zero-order valence-electron chi connectivity index (χ0n) is 13.1. The average Bonchev–Trinajstić information content (AvgIpc) is 2.57. The van der Waals surface area contributed by atoms with Crippen LogP contribution in [-0.2, 0) is 20.9 Å². The summed E-state index contributed by atoms with van der Waals surface area (Å²) in [6, 6.07) is 5.86. The van der Waals surface area contributed by atoms with Gasteiger partial charge in [0.2, 0.25) is 0 Å². The van der Waals surface area contributed by atoms with Gasteiger partial charge in [-0.3, -0.25) is 9.79 Å². The number of carboxylic acids is 1. The van der Waals surface area contributed by atoms with Gasteiger partial charge >= 0.3 is 5.97 Å². The second-order valence-electron chi connectivity index (χ2n) is 4.97. The fourth-order valence-electron chi connectivity index (χ4n) is 2.00. The van der Waals surface area contributed by atoms with Gasteiger partial charge in [-0.2, -0.15) is 0 Å². The number of allylic oxidation sites excluding steroid dienone is 1. The highest BCUT2D eigenvalue weighted by atomic mass is 16.5. The number of nitrogens with zero attached hydrogens (tertiary/aromatic N) is 1. The van der Waals surface area contributed by atoms with Crippen LogP contribution in [0.4, 0.5) is 0 Å². The predicted molar refractivity (Wildman–Crippen MR) is 85.5 cm³/mol. The number of carbonyl (C=O) groups is 3. The molecule has 1 aromatic carbocycles. The highest BCUT2D eigenvalue weighted by Crippen LogP contribution is 2.21. The average molecular weight is 317 g/mol. The lowest BCUT2D eigenvalue weighted by Gasteiger charge is -2.18. The maximum atomic E-state index is 11.3. The lowest BCUT2D eigenvalue weighted by Crippen LogP contribution is -2.16. The quantitative estimate of drug-likeness (QED) is 0.326. The molecule has 1 aromatic rings. The van der Waals surface area contributed by atoms with Crippen molar-refractivity contribution < 1.29 is 24.2 Å². The lowest BCUT2D eigenvalue weighted by molar-refractivity contribution is -0.112. The van der Waals surface area contributed by atoms with E-state index in [-0.39, 0.29) is 23.5 Å². The summed E-state index contributed by atoms with van der Waals surface area (Å²) >= 11 is 0. The highest BCUT2D eigenvalue weighted by Gasteiger charge is 2.20. The molecule has 0 aliphatic heterocycles. The number of carbonyl (C=O) groups excluding carboxylic acids is 2. The number of aromatic carboxylic acids is 1. The van der Waals surface area contributed by atoms with E-state index in [1.165, 1.54) is 6.07 Å². The van der Waals surface area contributed by atoms with Crippen molar-refractivity contribution in [1.29, 1.82) is 0 Å². The van der Waals surface area contributed by atoms with Crippen LogP contribution in [-0.4, -0.2) is 36.4 Å². The van der Waals surface area contributed by atoms with Crippen molar-refractivity contribution in [2.24, 2.45) is 10.9 Å². The van der Waals surface area contributed by atoms with Crippen molar-refractivity contribution in [2.75, 3.05) is 0 Å². The van der Waals surface area contributed by atoms with Crippen molar-refractivity contribution in [3.63, 3.8) is 0 Å². The van der Waals surface area contributed by atoms with Gasteiger partial charge in [0.1, 0.15) is 31.0 Å². The summed E-state index contributed by atoms with van der Waals surface area (Å²) in [6.07, 6.45) is 1.19. The molecule has 122 valence electrons. The Hall–Kier alpha value is -2.76. The molecule has 0 amide bonds. The van der Waals surface area contributed by atoms with Crippen LogP contribution < -0.4 is 0 Å². The largest absolute Gasteiger partial charge is 0.491 e. The summed E-state index contributed by atoms with van der Waals surface area (Å²) in [7, 11) is 0. The van der Waals surface area contributed by atoms with E-state index < -0.39 is 17.9 Å². The molecule has 0 aliphatic rings. The van der Waals surface area contributed by atoms with Gasteiger partial charge in [0.25, 0.3) is 0 Å². The van der Waals surface area contributed by atoms with Crippen LogP contribution >= 0.6 is 0 Å². The number of ether oxygens (including phenoxy) is 1. The first-order valence-electron chi connectivity index (χ1n) is 7.00. The van der Waals surface area contributed by atoms with E-state index >= 15 is 0 Å². The third kappa shape index (κ3) is 4.60. The van der Waals surface area contributed by atoms with Crippen LogP contribution in [0.1, 0.15) is 29.8 Å². The van der Waals surface area contributed by atoms with Crippen LogP contribution in [0, 0.1) is 5.92 Å². The molecule has 2 unspecified atom stereocenters. The number of aliphatic imine (C=N–C) groups is 1. The first-order valence-corrected chi connectivity index (χ1v) is 7.00. The first-order chi connectivity index (χ1) is 11.0. The van der Waals surface area contributed by atoms with Gasteiger partial charge in [0.15, 0.2) is 0 Å². The summed E-state index contributed by atoms with van der Waals surface area (Å²) in [5.74, 6) is -1.50. The van der Waals surface area contributed by atoms with Crippen molar-refractivity contribution in [3.8, 4) is 0 Å². The molecule has 0 radical (unpaired) electrons. The Bertz CT molecular complexity index is 636. The smallest absolute Gasteiger partial charge is 0.336 e. The highest BCUT2D eigenvalue weighted by molar-refractivity contribution is 5.89. The number of hydrogen-bond acceptors (Lipinski definition) is 5. The SMILES string of the molecule is C=NC(C)/C(OCc1ccccc1C(=O)O)=C(/C=O)C(C)C=O. The maximum Gasteiger partial charge on any atom is 0.336 e.